The Morgan fingerprint density at radius 2 is 0.831 bits per heavy atom. The zero-order valence-corrected chi connectivity index (χ0v) is 48.4. The maximum atomic E-state index is 12.9. The minimum Gasteiger partial charge on any atom is -0.387 e. The molecule has 0 aromatic heterocycles. The van der Waals surface area contributed by atoms with Gasteiger partial charge in [0, 0.05) is 6.42 Å². The molecule has 3 atom stereocenters. The number of quaternary nitrogens is 1. The van der Waals surface area contributed by atoms with Gasteiger partial charge in [-0.15, -0.1) is 0 Å². The van der Waals surface area contributed by atoms with Crippen LogP contribution >= 0.6 is 7.82 Å². The average Bonchev–Trinajstić information content (AvgIpc) is 3.33. The highest BCUT2D eigenvalue weighted by atomic mass is 31.2. The van der Waals surface area contributed by atoms with Crippen molar-refractivity contribution in [3.8, 4) is 0 Å². The van der Waals surface area contributed by atoms with E-state index in [0.29, 0.717) is 17.4 Å². The molecule has 0 aliphatic heterocycles. The Bertz CT molecular complexity index is 1340. The van der Waals surface area contributed by atoms with E-state index in [2.05, 4.69) is 67.8 Å². The smallest absolute Gasteiger partial charge is 0.387 e. The van der Waals surface area contributed by atoms with E-state index >= 15 is 0 Å². The number of nitrogens with one attached hydrogen (secondary N) is 1. The first-order valence-electron chi connectivity index (χ1n) is 30.2. The summed E-state index contributed by atoms with van der Waals surface area (Å²) >= 11 is 0. The molecule has 71 heavy (non-hydrogen) atoms. The molecule has 0 radical (unpaired) electrons. The second kappa shape index (κ2) is 53.0. The molecule has 416 valence electrons. The number of carbonyl (C=O) groups excluding carboxylic acids is 1. The minimum absolute atomic E-state index is 0.0560. The van der Waals surface area contributed by atoms with Crippen molar-refractivity contribution >= 4 is 13.7 Å². The van der Waals surface area contributed by atoms with Crippen molar-refractivity contribution in [3.63, 3.8) is 0 Å². The van der Waals surface area contributed by atoms with Gasteiger partial charge < -0.3 is 19.8 Å². The highest BCUT2D eigenvalue weighted by Crippen LogP contribution is 2.43. The number of rotatable bonds is 55. The monoisotopic (exact) mass is 1020 g/mol. The van der Waals surface area contributed by atoms with E-state index in [1.54, 1.807) is 6.08 Å². The van der Waals surface area contributed by atoms with Gasteiger partial charge in [-0.3, -0.25) is 13.8 Å². The fourth-order valence-electron chi connectivity index (χ4n) is 8.70. The number of nitrogens with zero attached hydrogens (tertiary/aromatic N) is 1. The Balaban J connectivity index is 3.75. The lowest BCUT2D eigenvalue weighted by atomic mass is 10.0. The lowest BCUT2D eigenvalue weighted by molar-refractivity contribution is -0.870. The summed E-state index contributed by atoms with van der Waals surface area (Å²) < 4.78 is 23.5. The molecule has 1 amide bonds. The molecule has 0 heterocycles. The number of phosphoric ester groups is 1. The van der Waals surface area contributed by atoms with Crippen LogP contribution in [-0.4, -0.2) is 73.4 Å². The molecular formula is C62H118N2O6P+. The summed E-state index contributed by atoms with van der Waals surface area (Å²) in [6.07, 6.45) is 72.5. The van der Waals surface area contributed by atoms with Gasteiger partial charge in [-0.2, -0.15) is 0 Å². The second-order valence-electron chi connectivity index (χ2n) is 21.7. The van der Waals surface area contributed by atoms with Crippen molar-refractivity contribution in [2.24, 2.45) is 0 Å². The van der Waals surface area contributed by atoms with Gasteiger partial charge in [-0.05, 0) is 64.2 Å². The fraction of sp³-hybridized carbons (Fsp3) is 0.823. The van der Waals surface area contributed by atoms with E-state index in [1.807, 2.05) is 27.2 Å². The van der Waals surface area contributed by atoms with Crippen LogP contribution in [0.4, 0.5) is 0 Å². The summed E-state index contributed by atoms with van der Waals surface area (Å²) in [5, 5.41) is 13.8. The van der Waals surface area contributed by atoms with Crippen molar-refractivity contribution in [1.82, 2.24) is 5.32 Å². The highest BCUT2D eigenvalue weighted by Gasteiger charge is 2.27. The van der Waals surface area contributed by atoms with Crippen molar-refractivity contribution in [2.45, 2.75) is 289 Å². The lowest BCUT2D eigenvalue weighted by Gasteiger charge is -2.25. The Morgan fingerprint density at radius 3 is 1.27 bits per heavy atom. The third kappa shape index (κ3) is 55.8. The third-order valence-corrected chi connectivity index (χ3v) is 14.4. The van der Waals surface area contributed by atoms with Gasteiger partial charge in [-0.1, -0.05) is 267 Å². The topological polar surface area (TPSA) is 105 Å². The molecule has 0 aromatic rings. The van der Waals surface area contributed by atoms with Gasteiger partial charge >= 0.3 is 7.82 Å². The standard InChI is InChI=1S/C62H117N2O6P/c1-6-8-10-12-14-16-17-18-19-20-21-22-23-24-25-26-27-28-29-30-31-32-33-34-35-36-37-38-39-40-41-42-43-44-45-46-47-48-50-52-54-56-62(66)63-60(59-70-71(67,68)69-58-57-64(3,4)5)61(65)55-53-51-49-15-13-11-9-7-2/h13,15,17-18,20-21,23-24,53,55,60-61,65H,6-12,14,16,19,22,25-52,54,56-59H2,1-5H3,(H-,63,66,67,68)/p+1/b15-13+,18-17-,21-20-,24-23-,55-53+. The Labute approximate surface area is 441 Å². The van der Waals surface area contributed by atoms with Crippen LogP contribution in [-0.2, 0) is 18.4 Å². The summed E-state index contributed by atoms with van der Waals surface area (Å²) in [7, 11) is 1.56. The molecule has 0 bridgehead atoms. The molecule has 0 aliphatic carbocycles. The molecule has 0 saturated carbocycles. The van der Waals surface area contributed by atoms with Crippen molar-refractivity contribution in [1.29, 1.82) is 0 Å². The number of likely N-dealkylation sites (N-methyl/N-ethyl adjacent to an activating group) is 1. The summed E-state index contributed by atoms with van der Waals surface area (Å²) in [5.41, 5.74) is 0. The number of phosphoric acid groups is 1. The normalized spacial score (nSPS) is 14.3. The highest BCUT2D eigenvalue weighted by molar-refractivity contribution is 7.47. The van der Waals surface area contributed by atoms with E-state index in [-0.39, 0.29) is 19.1 Å². The Morgan fingerprint density at radius 1 is 0.479 bits per heavy atom. The zero-order chi connectivity index (χ0) is 52.0. The largest absolute Gasteiger partial charge is 0.472 e. The zero-order valence-electron chi connectivity index (χ0n) is 47.5. The molecule has 0 fully saturated rings. The molecule has 0 rings (SSSR count). The number of hydrogen-bond acceptors (Lipinski definition) is 5. The van der Waals surface area contributed by atoms with Crippen LogP contribution in [0.25, 0.3) is 0 Å². The van der Waals surface area contributed by atoms with Crippen molar-refractivity contribution in [2.75, 3.05) is 40.9 Å². The van der Waals surface area contributed by atoms with Gasteiger partial charge in [-0.25, -0.2) is 4.57 Å². The van der Waals surface area contributed by atoms with Gasteiger partial charge in [0.2, 0.25) is 5.91 Å². The lowest BCUT2D eigenvalue weighted by Crippen LogP contribution is -2.45. The number of unbranched alkanes of at least 4 members (excludes halogenated alkanes) is 34. The molecule has 3 N–H and O–H groups in total. The molecule has 0 spiro atoms. The van der Waals surface area contributed by atoms with Crippen LogP contribution in [0.15, 0.2) is 60.8 Å². The van der Waals surface area contributed by atoms with Gasteiger partial charge in [0.1, 0.15) is 13.2 Å². The predicted octanol–water partition coefficient (Wildman–Crippen LogP) is 18.5. The predicted molar refractivity (Wildman–Crippen MR) is 309 cm³/mol. The van der Waals surface area contributed by atoms with E-state index in [4.69, 9.17) is 9.05 Å². The summed E-state index contributed by atoms with van der Waals surface area (Å²) in [6, 6.07) is -0.860. The average molecular weight is 1020 g/mol. The minimum atomic E-state index is -4.34. The van der Waals surface area contributed by atoms with Crippen molar-refractivity contribution in [3.05, 3.63) is 60.8 Å². The summed E-state index contributed by atoms with van der Waals surface area (Å²) in [4.78, 5) is 23.1. The number of hydrogen-bond donors (Lipinski definition) is 3. The molecule has 8 nitrogen and oxygen atoms in total. The first kappa shape index (κ1) is 69.2. The number of amides is 1. The van der Waals surface area contributed by atoms with E-state index in [0.717, 1.165) is 51.4 Å². The number of aliphatic hydroxyl groups excluding tert-OH is 1. The number of aliphatic hydroxyl groups is 1. The van der Waals surface area contributed by atoms with E-state index in [1.165, 1.54) is 205 Å². The van der Waals surface area contributed by atoms with Crippen LogP contribution in [0.3, 0.4) is 0 Å². The quantitative estimate of drug-likeness (QED) is 0.0243. The molecule has 3 unspecified atom stereocenters. The van der Waals surface area contributed by atoms with Gasteiger partial charge in [0.25, 0.3) is 0 Å². The number of carbonyl (C=O) groups is 1. The van der Waals surface area contributed by atoms with E-state index in [9.17, 15) is 19.4 Å². The van der Waals surface area contributed by atoms with Crippen LogP contribution in [0.1, 0.15) is 277 Å². The van der Waals surface area contributed by atoms with Crippen LogP contribution < -0.4 is 5.32 Å². The maximum absolute atomic E-state index is 12.9. The fourth-order valence-corrected chi connectivity index (χ4v) is 9.44. The second-order valence-corrected chi connectivity index (χ2v) is 23.2. The SMILES string of the molecule is CCCC/C=C/CC/C=C/C(O)C(COP(=O)(O)OCC[N+](C)(C)C)NC(=O)CCCCCCCCCCCCCCCCCCCCCCCCCCCC/C=C\C/C=C\C/C=C\CCCCCCC. The number of allylic oxidation sites excluding steroid dienone is 9. The first-order valence-corrected chi connectivity index (χ1v) is 31.7. The molecule has 9 heteroatoms. The molecule has 0 aliphatic rings. The van der Waals surface area contributed by atoms with Crippen LogP contribution in [0, 0.1) is 0 Å². The van der Waals surface area contributed by atoms with Gasteiger partial charge in [0.15, 0.2) is 0 Å². The molecular weight excluding hydrogens is 900 g/mol. The summed E-state index contributed by atoms with van der Waals surface area (Å²) in [6.45, 7) is 4.71. The Hall–Kier alpha value is -1.80. The van der Waals surface area contributed by atoms with Gasteiger partial charge in [0.05, 0.1) is 39.9 Å². The van der Waals surface area contributed by atoms with Crippen LogP contribution in [0.2, 0.25) is 0 Å². The summed E-state index contributed by atoms with van der Waals surface area (Å²) in [5.74, 6) is -0.188. The molecule has 0 saturated heterocycles. The Kier molecular flexibility index (Phi) is 51.7. The molecule has 0 aromatic carbocycles. The maximum Gasteiger partial charge on any atom is 0.472 e. The third-order valence-electron chi connectivity index (χ3n) is 13.5. The van der Waals surface area contributed by atoms with Crippen LogP contribution in [0.5, 0.6) is 0 Å². The van der Waals surface area contributed by atoms with Crippen molar-refractivity contribution < 1.29 is 32.9 Å². The van der Waals surface area contributed by atoms with E-state index < -0.39 is 20.0 Å². The first-order chi connectivity index (χ1) is 34.5.